The van der Waals surface area contributed by atoms with Crippen LogP contribution in [0.1, 0.15) is 30.9 Å². The molecule has 0 unspecified atom stereocenters. The number of hydrogen-bond acceptors (Lipinski definition) is 2. The first kappa shape index (κ1) is 8.29. The molecular weight excluding hydrogens is 168 g/mol. The molecule has 1 aromatic heterocycles. The van der Waals surface area contributed by atoms with E-state index in [-0.39, 0.29) is 6.42 Å². The maximum atomic E-state index is 10.4. The Morgan fingerprint density at radius 2 is 2.46 bits per heavy atom. The fourth-order valence-corrected chi connectivity index (χ4v) is 1.49. The third-order valence-electron chi connectivity index (χ3n) is 2.46. The summed E-state index contributed by atoms with van der Waals surface area (Å²) in [5, 5.41) is 12.7. The van der Waals surface area contributed by atoms with E-state index in [9.17, 15) is 4.79 Å². The lowest BCUT2D eigenvalue weighted by atomic mass is 9.93. The number of aromatic nitrogens is 2. The molecule has 4 heteroatoms. The lowest BCUT2D eigenvalue weighted by Crippen LogP contribution is -2.17. The largest absolute Gasteiger partial charge is 0.481 e. The van der Waals surface area contributed by atoms with E-state index in [1.807, 2.05) is 10.9 Å². The third kappa shape index (κ3) is 1.71. The van der Waals surface area contributed by atoms with Crippen LogP contribution in [0, 0.1) is 0 Å². The smallest absolute Gasteiger partial charge is 0.307 e. The van der Waals surface area contributed by atoms with Crippen molar-refractivity contribution in [3.8, 4) is 0 Å². The number of hydrogen-bond donors (Lipinski definition) is 1. The van der Waals surface area contributed by atoms with E-state index in [1.54, 1.807) is 6.20 Å². The van der Waals surface area contributed by atoms with Crippen molar-refractivity contribution in [1.29, 1.82) is 0 Å². The first-order chi connectivity index (χ1) is 6.25. The molecule has 0 amide bonds. The molecule has 1 aliphatic carbocycles. The van der Waals surface area contributed by atoms with Crippen molar-refractivity contribution in [3.63, 3.8) is 0 Å². The number of rotatable bonds is 3. The average molecular weight is 180 g/mol. The quantitative estimate of drug-likeness (QED) is 0.761. The highest BCUT2D eigenvalue weighted by atomic mass is 16.4. The van der Waals surface area contributed by atoms with E-state index in [4.69, 9.17) is 5.11 Å². The molecule has 0 radical (unpaired) electrons. The van der Waals surface area contributed by atoms with Crippen LogP contribution in [-0.4, -0.2) is 20.9 Å². The average Bonchev–Trinajstić information content (AvgIpc) is 2.31. The van der Waals surface area contributed by atoms with Crippen LogP contribution < -0.4 is 0 Å². The summed E-state index contributed by atoms with van der Waals surface area (Å²) in [6.07, 6.45) is 7.18. The Hall–Kier alpha value is -1.32. The van der Waals surface area contributed by atoms with Crippen LogP contribution in [0.5, 0.6) is 0 Å². The van der Waals surface area contributed by atoms with Crippen molar-refractivity contribution in [3.05, 3.63) is 18.0 Å². The van der Waals surface area contributed by atoms with Crippen LogP contribution in [0.15, 0.2) is 12.4 Å². The number of carbonyl (C=O) groups is 1. The van der Waals surface area contributed by atoms with Gasteiger partial charge in [0.25, 0.3) is 0 Å². The summed E-state index contributed by atoms with van der Waals surface area (Å²) in [6.45, 7) is 0. The van der Waals surface area contributed by atoms with Gasteiger partial charge in [-0.2, -0.15) is 5.10 Å². The molecule has 1 fully saturated rings. The van der Waals surface area contributed by atoms with Crippen molar-refractivity contribution in [2.45, 2.75) is 31.7 Å². The van der Waals surface area contributed by atoms with Crippen LogP contribution in [0.4, 0.5) is 0 Å². The highest BCUT2D eigenvalue weighted by Gasteiger charge is 2.20. The van der Waals surface area contributed by atoms with E-state index >= 15 is 0 Å². The van der Waals surface area contributed by atoms with E-state index < -0.39 is 5.97 Å². The lowest BCUT2D eigenvalue weighted by molar-refractivity contribution is -0.136. The molecule has 2 rings (SSSR count). The number of carboxylic acid groups (broad SMARTS) is 1. The normalized spacial score (nSPS) is 16.9. The van der Waals surface area contributed by atoms with Crippen LogP contribution in [0.3, 0.4) is 0 Å². The minimum absolute atomic E-state index is 0.0761. The van der Waals surface area contributed by atoms with Crippen molar-refractivity contribution in [2.24, 2.45) is 0 Å². The summed E-state index contributed by atoms with van der Waals surface area (Å²) in [5.41, 5.74) is 0.791. The molecule has 0 saturated heterocycles. The van der Waals surface area contributed by atoms with Crippen molar-refractivity contribution < 1.29 is 9.90 Å². The molecule has 70 valence electrons. The van der Waals surface area contributed by atoms with E-state index in [2.05, 4.69) is 5.10 Å². The molecule has 0 bridgehead atoms. The van der Waals surface area contributed by atoms with Gasteiger partial charge in [-0.25, -0.2) is 0 Å². The summed E-state index contributed by atoms with van der Waals surface area (Å²) in [4.78, 5) is 10.4. The Bertz CT molecular complexity index is 315. The fraction of sp³-hybridized carbons (Fsp3) is 0.556. The molecule has 0 aromatic carbocycles. The molecule has 1 aromatic rings. The summed E-state index contributed by atoms with van der Waals surface area (Å²) >= 11 is 0. The van der Waals surface area contributed by atoms with Gasteiger partial charge in [-0.05, 0) is 19.3 Å². The molecule has 1 saturated carbocycles. The van der Waals surface area contributed by atoms with Gasteiger partial charge in [0.2, 0.25) is 0 Å². The highest BCUT2D eigenvalue weighted by Crippen LogP contribution is 2.30. The molecule has 1 N–H and O–H groups in total. The van der Waals surface area contributed by atoms with Gasteiger partial charge < -0.3 is 5.11 Å². The van der Waals surface area contributed by atoms with Gasteiger partial charge in [0.15, 0.2) is 0 Å². The Morgan fingerprint density at radius 3 is 3.00 bits per heavy atom. The molecule has 0 aliphatic heterocycles. The molecule has 1 heterocycles. The van der Waals surface area contributed by atoms with Crippen molar-refractivity contribution in [1.82, 2.24) is 9.78 Å². The zero-order valence-electron chi connectivity index (χ0n) is 7.31. The summed E-state index contributed by atoms with van der Waals surface area (Å²) in [6, 6.07) is 0.516. The predicted octanol–water partition coefficient (Wildman–Crippen LogP) is 1.24. The predicted molar refractivity (Wildman–Crippen MR) is 46.5 cm³/mol. The van der Waals surface area contributed by atoms with Crippen LogP contribution in [0.2, 0.25) is 0 Å². The topological polar surface area (TPSA) is 55.1 Å². The van der Waals surface area contributed by atoms with Gasteiger partial charge in [-0.15, -0.1) is 0 Å². The minimum Gasteiger partial charge on any atom is -0.481 e. The SMILES string of the molecule is O=C(O)Cc1cnn(C2CCC2)c1. The summed E-state index contributed by atoms with van der Waals surface area (Å²) < 4.78 is 1.89. The zero-order chi connectivity index (χ0) is 9.26. The number of aliphatic carboxylic acids is 1. The minimum atomic E-state index is -0.798. The third-order valence-corrected chi connectivity index (χ3v) is 2.46. The van der Waals surface area contributed by atoms with E-state index in [0.717, 1.165) is 5.56 Å². The van der Waals surface area contributed by atoms with Gasteiger partial charge in [-0.3, -0.25) is 9.48 Å². The van der Waals surface area contributed by atoms with Gasteiger partial charge in [-0.1, -0.05) is 0 Å². The molecule has 13 heavy (non-hydrogen) atoms. The second kappa shape index (κ2) is 3.20. The Morgan fingerprint density at radius 1 is 1.69 bits per heavy atom. The standard InChI is InChI=1S/C9H12N2O2/c12-9(13)4-7-5-10-11(6-7)8-2-1-3-8/h5-6,8H,1-4H2,(H,12,13). The highest BCUT2D eigenvalue weighted by molar-refractivity contribution is 5.69. The van der Waals surface area contributed by atoms with Gasteiger partial charge in [0.1, 0.15) is 0 Å². The van der Waals surface area contributed by atoms with Crippen molar-refractivity contribution in [2.75, 3.05) is 0 Å². The Kier molecular flexibility index (Phi) is 2.04. The number of carboxylic acids is 1. The first-order valence-electron chi connectivity index (χ1n) is 4.50. The maximum absolute atomic E-state index is 10.4. The molecule has 4 nitrogen and oxygen atoms in total. The van der Waals surface area contributed by atoms with E-state index in [1.165, 1.54) is 19.3 Å². The molecule has 0 spiro atoms. The zero-order valence-corrected chi connectivity index (χ0v) is 7.31. The fourth-order valence-electron chi connectivity index (χ4n) is 1.49. The van der Waals surface area contributed by atoms with Gasteiger partial charge in [0, 0.05) is 11.8 Å². The van der Waals surface area contributed by atoms with Gasteiger partial charge in [0.05, 0.1) is 18.7 Å². The lowest BCUT2D eigenvalue weighted by Gasteiger charge is -2.25. The van der Waals surface area contributed by atoms with Crippen LogP contribution in [-0.2, 0) is 11.2 Å². The second-order valence-electron chi connectivity index (χ2n) is 3.48. The summed E-state index contributed by atoms with van der Waals surface area (Å²) in [7, 11) is 0. The van der Waals surface area contributed by atoms with Crippen molar-refractivity contribution >= 4 is 5.97 Å². The molecule has 0 atom stereocenters. The van der Waals surface area contributed by atoms with Crippen LogP contribution >= 0.6 is 0 Å². The summed E-state index contributed by atoms with van der Waals surface area (Å²) in [5.74, 6) is -0.798. The maximum Gasteiger partial charge on any atom is 0.307 e. The van der Waals surface area contributed by atoms with E-state index in [0.29, 0.717) is 6.04 Å². The van der Waals surface area contributed by atoms with Crippen LogP contribution in [0.25, 0.3) is 0 Å². The molecule has 1 aliphatic rings. The first-order valence-corrected chi connectivity index (χ1v) is 4.50. The Labute approximate surface area is 76.2 Å². The second-order valence-corrected chi connectivity index (χ2v) is 3.48. The monoisotopic (exact) mass is 180 g/mol. The molecular formula is C9H12N2O2. The number of nitrogens with zero attached hydrogens (tertiary/aromatic N) is 2. The van der Waals surface area contributed by atoms with Gasteiger partial charge >= 0.3 is 5.97 Å². The Balaban J connectivity index is 2.04.